The first-order valence-corrected chi connectivity index (χ1v) is 9.94. The van der Waals surface area contributed by atoms with Gasteiger partial charge in [0.2, 0.25) is 0 Å². The van der Waals surface area contributed by atoms with Crippen LogP contribution in [-0.2, 0) is 9.53 Å². The van der Waals surface area contributed by atoms with E-state index < -0.39 is 12.1 Å². The average Bonchev–Trinajstić information content (AvgIpc) is 3.10. The van der Waals surface area contributed by atoms with Crippen molar-refractivity contribution in [3.63, 3.8) is 0 Å². The summed E-state index contributed by atoms with van der Waals surface area (Å²) in [5.74, 6) is 0.664. The maximum Gasteiger partial charge on any atom is 0.329 e. The zero-order chi connectivity index (χ0) is 19.1. The summed E-state index contributed by atoms with van der Waals surface area (Å²) in [5.41, 5.74) is 0.840. The molecule has 2 aliphatic carbocycles. The van der Waals surface area contributed by atoms with Crippen LogP contribution in [0.15, 0.2) is 24.3 Å². The lowest BCUT2D eigenvalue weighted by Gasteiger charge is -2.19. The van der Waals surface area contributed by atoms with Crippen LogP contribution in [0, 0.1) is 23.7 Å². The Hall–Kier alpha value is -1.17. The van der Waals surface area contributed by atoms with Crippen molar-refractivity contribution in [3.05, 3.63) is 24.3 Å². The zero-order valence-electron chi connectivity index (χ0n) is 15.8. The minimum atomic E-state index is -0.930. The van der Waals surface area contributed by atoms with E-state index in [2.05, 4.69) is 13.5 Å². The van der Waals surface area contributed by atoms with Crippen LogP contribution in [-0.4, -0.2) is 46.7 Å². The van der Waals surface area contributed by atoms with Crippen molar-refractivity contribution in [2.75, 3.05) is 13.2 Å². The van der Waals surface area contributed by atoms with Gasteiger partial charge in [0.1, 0.15) is 6.61 Å². The maximum atomic E-state index is 10.5. The fraction of sp³-hybridized carbons (Fsp3) is 0.762. The van der Waals surface area contributed by atoms with E-state index in [0.717, 1.165) is 50.5 Å². The van der Waals surface area contributed by atoms with Gasteiger partial charge in [-0.05, 0) is 61.9 Å². The third-order valence-corrected chi connectivity index (χ3v) is 6.01. The van der Waals surface area contributed by atoms with Crippen LogP contribution in [0.2, 0.25) is 0 Å². The van der Waals surface area contributed by atoms with Crippen LogP contribution in [0.5, 0.6) is 0 Å². The van der Waals surface area contributed by atoms with Crippen LogP contribution in [0.1, 0.15) is 51.9 Å². The summed E-state index contributed by atoms with van der Waals surface area (Å²) >= 11 is 0. The van der Waals surface area contributed by atoms with Crippen molar-refractivity contribution in [2.45, 2.75) is 64.1 Å². The number of rotatable bonds is 11. The van der Waals surface area contributed by atoms with Crippen LogP contribution >= 0.6 is 0 Å². The first-order valence-electron chi connectivity index (χ1n) is 9.94. The van der Waals surface area contributed by atoms with E-state index >= 15 is 0 Å². The molecule has 0 saturated heterocycles. The van der Waals surface area contributed by atoms with Crippen LogP contribution in [0.4, 0.5) is 0 Å². The van der Waals surface area contributed by atoms with Gasteiger partial charge in [0, 0.05) is 12.5 Å². The second-order valence-electron chi connectivity index (χ2n) is 7.97. The number of carbonyl (C=O) groups is 1. The van der Waals surface area contributed by atoms with Gasteiger partial charge >= 0.3 is 5.97 Å². The lowest BCUT2D eigenvalue weighted by Crippen LogP contribution is -2.19. The van der Waals surface area contributed by atoms with E-state index in [1.54, 1.807) is 6.08 Å². The Morgan fingerprint density at radius 1 is 1.35 bits per heavy atom. The molecular formula is C21H34O5. The number of carboxylic acid groups (broad SMARTS) is 1. The molecule has 3 N–H and O–H groups in total. The van der Waals surface area contributed by atoms with E-state index in [-0.39, 0.29) is 18.6 Å². The Kier molecular flexibility index (Phi) is 8.32. The molecule has 0 aromatic rings. The van der Waals surface area contributed by atoms with Crippen LogP contribution in [0.3, 0.4) is 0 Å². The normalized spacial score (nSPS) is 32.0. The number of aliphatic carboxylic acids is 1. The van der Waals surface area contributed by atoms with E-state index in [1.807, 2.05) is 6.08 Å². The molecule has 5 nitrogen and oxygen atoms in total. The number of aliphatic hydroxyl groups excluding tert-OH is 2. The van der Waals surface area contributed by atoms with Gasteiger partial charge in [-0.25, -0.2) is 4.79 Å². The Morgan fingerprint density at radius 2 is 2.12 bits per heavy atom. The number of hydrogen-bond donors (Lipinski definition) is 3. The highest BCUT2D eigenvalue weighted by atomic mass is 16.5. The number of aliphatic hydroxyl groups is 2. The summed E-state index contributed by atoms with van der Waals surface area (Å²) in [7, 11) is 0. The molecule has 0 radical (unpaired) electrons. The molecule has 0 heterocycles. The molecule has 0 bridgehead atoms. The topological polar surface area (TPSA) is 87.0 Å². The van der Waals surface area contributed by atoms with Gasteiger partial charge < -0.3 is 20.1 Å². The van der Waals surface area contributed by atoms with E-state index in [1.165, 1.54) is 0 Å². The Balaban J connectivity index is 1.81. The highest BCUT2D eigenvalue weighted by Crippen LogP contribution is 2.51. The molecule has 0 spiro atoms. The molecule has 0 aliphatic heterocycles. The number of fused-ring (bicyclic) bond motifs is 1. The Bertz CT molecular complexity index is 501. The molecule has 2 unspecified atom stereocenters. The summed E-state index contributed by atoms with van der Waals surface area (Å²) in [5, 5.41) is 29.2. The van der Waals surface area contributed by atoms with Crippen molar-refractivity contribution in [3.8, 4) is 0 Å². The number of ether oxygens (including phenoxy) is 1. The first kappa shape index (κ1) is 21.1. The monoisotopic (exact) mass is 366 g/mol. The molecule has 0 aromatic carbocycles. The van der Waals surface area contributed by atoms with Crippen LogP contribution in [0.25, 0.3) is 0 Å². The zero-order valence-corrected chi connectivity index (χ0v) is 15.8. The summed E-state index contributed by atoms with van der Waals surface area (Å²) in [6.45, 7) is 6.34. The molecule has 26 heavy (non-hydrogen) atoms. The second kappa shape index (κ2) is 10.2. The molecular weight excluding hydrogens is 332 g/mol. The molecule has 0 amide bonds. The van der Waals surface area contributed by atoms with Crippen molar-refractivity contribution in [1.29, 1.82) is 0 Å². The van der Waals surface area contributed by atoms with Crippen molar-refractivity contribution >= 4 is 5.97 Å². The van der Waals surface area contributed by atoms with Gasteiger partial charge in [0.15, 0.2) is 0 Å². The largest absolute Gasteiger partial charge is 0.480 e. The van der Waals surface area contributed by atoms with Crippen LogP contribution < -0.4 is 0 Å². The third kappa shape index (κ3) is 5.93. The van der Waals surface area contributed by atoms with Crippen molar-refractivity contribution in [2.24, 2.45) is 23.7 Å². The minimum absolute atomic E-state index is 0.0959. The molecule has 148 valence electrons. The van der Waals surface area contributed by atoms with Crippen molar-refractivity contribution in [1.82, 2.24) is 0 Å². The minimum Gasteiger partial charge on any atom is -0.480 e. The smallest absolute Gasteiger partial charge is 0.329 e. The fourth-order valence-corrected chi connectivity index (χ4v) is 4.61. The molecule has 2 saturated carbocycles. The second-order valence-corrected chi connectivity index (χ2v) is 7.97. The summed E-state index contributed by atoms with van der Waals surface area (Å²) in [4.78, 5) is 10.5. The lowest BCUT2D eigenvalue weighted by atomic mass is 9.89. The number of carboxylic acids is 1. The quantitative estimate of drug-likeness (QED) is 0.386. The van der Waals surface area contributed by atoms with Gasteiger partial charge in [0.05, 0.1) is 12.2 Å². The van der Waals surface area contributed by atoms with Gasteiger partial charge in [-0.3, -0.25) is 0 Å². The molecule has 5 heteroatoms. The molecule has 6 atom stereocenters. The highest BCUT2D eigenvalue weighted by molar-refractivity contribution is 5.67. The Morgan fingerprint density at radius 3 is 2.81 bits per heavy atom. The summed E-state index contributed by atoms with van der Waals surface area (Å²) < 4.78 is 5.16. The standard InChI is InChI=1S/C21H34O5/c1-3-4-5-14(2)19(22)7-6-17-18-11-15(8-9-26-13-21(24)25)10-16(18)12-20(17)23/h6-7,15-20,22-23H,2-5,8-13H2,1H3,(H,24,25)/t15?,16-,17-,18+,19?,20-/m0/s1. The number of unbranched alkanes of at least 4 members (excludes halogenated alkanes) is 1. The Labute approximate surface area is 156 Å². The molecule has 2 rings (SSSR count). The fourth-order valence-electron chi connectivity index (χ4n) is 4.61. The lowest BCUT2D eigenvalue weighted by molar-refractivity contribution is -0.142. The summed E-state index contributed by atoms with van der Waals surface area (Å²) in [6, 6.07) is 0. The molecule has 2 fully saturated rings. The van der Waals surface area contributed by atoms with E-state index in [0.29, 0.717) is 24.4 Å². The molecule has 0 aromatic heterocycles. The molecule has 2 aliphatic rings. The highest BCUT2D eigenvalue weighted by Gasteiger charge is 2.46. The summed E-state index contributed by atoms with van der Waals surface area (Å²) in [6.07, 6.45) is 9.61. The third-order valence-electron chi connectivity index (χ3n) is 6.01. The average molecular weight is 366 g/mol. The van der Waals surface area contributed by atoms with Gasteiger partial charge in [-0.15, -0.1) is 0 Å². The van der Waals surface area contributed by atoms with E-state index in [9.17, 15) is 15.0 Å². The maximum absolute atomic E-state index is 10.5. The SMILES string of the molecule is C=C(CCCC)C(O)C=C[C@H]1[C@@H]2CC(CCOCC(=O)O)C[C@H]2C[C@@H]1O. The van der Waals surface area contributed by atoms with Gasteiger partial charge in [-0.2, -0.15) is 0 Å². The predicted molar refractivity (Wildman–Crippen MR) is 101 cm³/mol. The number of hydrogen-bond acceptors (Lipinski definition) is 4. The van der Waals surface area contributed by atoms with E-state index in [4.69, 9.17) is 9.84 Å². The van der Waals surface area contributed by atoms with Gasteiger partial charge in [0.25, 0.3) is 0 Å². The van der Waals surface area contributed by atoms with Crippen molar-refractivity contribution < 1.29 is 24.9 Å². The first-order chi connectivity index (χ1) is 12.4. The predicted octanol–water partition coefficient (Wildman–Crippen LogP) is 3.16. The van der Waals surface area contributed by atoms with Gasteiger partial charge in [-0.1, -0.05) is 32.1 Å².